The van der Waals surface area contributed by atoms with Gasteiger partial charge in [-0.2, -0.15) is 4.31 Å². The molecule has 1 aromatic carbocycles. The highest BCUT2D eigenvalue weighted by Gasteiger charge is 2.35. The number of hydrogen-bond donors (Lipinski definition) is 1. The molecule has 1 amide bonds. The minimum Gasteiger partial charge on any atom is -0.444 e. The Hall–Kier alpha value is -3.05. The number of nitrogens with zero attached hydrogens (tertiary/aromatic N) is 3. The number of hydrogen-bond acceptors (Lipinski definition) is 7. The van der Waals surface area contributed by atoms with Crippen LogP contribution in [0.1, 0.15) is 63.8 Å². The molecule has 35 heavy (non-hydrogen) atoms. The zero-order chi connectivity index (χ0) is 25.6. The molecule has 0 fully saturated rings. The van der Waals surface area contributed by atoms with Crippen LogP contribution in [0, 0.1) is 10.1 Å². The fraction of sp³-hybridized carbons (Fsp3) is 0.500. The predicted molar refractivity (Wildman–Crippen MR) is 130 cm³/mol. The van der Waals surface area contributed by atoms with Gasteiger partial charge in [0.15, 0.2) is 0 Å². The van der Waals surface area contributed by atoms with Gasteiger partial charge in [0.05, 0.1) is 21.6 Å². The first-order valence-electron chi connectivity index (χ1n) is 11.7. The van der Waals surface area contributed by atoms with Crippen LogP contribution in [0.5, 0.6) is 0 Å². The number of nitro groups is 1. The number of aryl methyl sites for hydroxylation is 1. The number of non-ortho nitro benzene ring substituents is 1. The second-order valence-corrected chi connectivity index (χ2v) is 11.3. The summed E-state index contributed by atoms with van der Waals surface area (Å²) in [4.78, 5) is 26.8. The first kappa shape index (κ1) is 26.6. The maximum Gasteiger partial charge on any atom is 0.407 e. The van der Waals surface area contributed by atoms with Crippen molar-refractivity contribution in [3.8, 4) is 0 Å². The third-order valence-corrected chi connectivity index (χ3v) is 7.56. The normalized spacial score (nSPS) is 15.9. The maximum absolute atomic E-state index is 13.7. The third kappa shape index (κ3) is 6.98. The lowest BCUT2D eigenvalue weighted by atomic mass is 9.92. The number of sulfonamides is 1. The number of rotatable bonds is 9. The van der Waals surface area contributed by atoms with Crippen LogP contribution in [-0.2, 0) is 21.2 Å². The number of carbonyl (C=O) groups excluding carboxylic acids is 1. The number of benzene rings is 1. The number of carbonyl (C=O) groups is 1. The molecule has 2 aromatic rings. The summed E-state index contributed by atoms with van der Waals surface area (Å²) in [6.45, 7) is 5.91. The largest absolute Gasteiger partial charge is 0.444 e. The Bertz CT molecular complexity index is 1150. The van der Waals surface area contributed by atoms with E-state index in [2.05, 4.69) is 10.3 Å². The molecule has 0 unspecified atom stereocenters. The highest BCUT2D eigenvalue weighted by Crippen LogP contribution is 2.36. The van der Waals surface area contributed by atoms with Crippen LogP contribution in [0.3, 0.4) is 0 Å². The van der Waals surface area contributed by atoms with Gasteiger partial charge < -0.3 is 10.1 Å². The highest BCUT2D eigenvalue weighted by molar-refractivity contribution is 7.89. The first-order valence-corrected chi connectivity index (χ1v) is 13.1. The van der Waals surface area contributed by atoms with Crippen LogP contribution in [0.4, 0.5) is 10.5 Å². The van der Waals surface area contributed by atoms with Crippen LogP contribution >= 0.6 is 0 Å². The molecule has 0 saturated carbocycles. The molecule has 1 aliphatic rings. The first-order chi connectivity index (χ1) is 16.5. The van der Waals surface area contributed by atoms with E-state index in [1.165, 1.54) is 28.6 Å². The number of fused-ring (bicyclic) bond motifs is 1. The predicted octanol–water partition coefficient (Wildman–Crippen LogP) is 4.36. The van der Waals surface area contributed by atoms with Gasteiger partial charge in [-0.1, -0.05) is 6.07 Å². The molecule has 0 saturated heterocycles. The van der Waals surface area contributed by atoms with E-state index >= 15 is 0 Å². The Balaban J connectivity index is 1.78. The van der Waals surface area contributed by atoms with E-state index in [0.717, 1.165) is 24.1 Å². The molecule has 11 heteroatoms. The molecule has 0 spiro atoms. The van der Waals surface area contributed by atoms with Gasteiger partial charge in [-0.3, -0.25) is 15.1 Å². The van der Waals surface area contributed by atoms with E-state index in [9.17, 15) is 23.3 Å². The van der Waals surface area contributed by atoms with E-state index in [1.807, 2.05) is 12.1 Å². The van der Waals surface area contributed by atoms with E-state index in [4.69, 9.17) is 4.74 Å². The number of pyridine rings is 1. The molecule has 190 valence electrons. The van der Waals surface area contributed by atoms with E-state index < -0.39 is 32.7 Å². The summed E-state index contributed by atoms with van der Waals surface area (Å²) in [6.07, 6.45) is 4.50. The summed E-state index contributed by atoms with van der Waals surface area (Å²) in [5, 5.41) is 13.7. The highest BCUT2D eigenvalue weighted by atomic mass is 32.2. The lowest BCUT2D eigenvalue weighted by Gasteiger charge is -2.34. The van der Waals surface area contributed by atoms with Gasteiger partial charge in [-0.05, 0) is 76.6 Å². The van der Waals surface area contributed by atoms with E-state index in [1.54, 1.807) is 27.0 Å². The average molecular weight is 505 g/mol. The molecule has 1 N–H and O–H groups in total. The van der Waals surface area contributed by atoms with Crippen LogP contribution < -0.4 is 5.32 Å². The lowest BCUT2D eigenvalue weighted by molar-refractivity contribution is -0.384. The number of aromatic nitrogens is 1. The molecule has 1 heterocycles. The van der Waals surface area contributed by atoms with E-state index in [0.29, 0.717) is 25.8 Å². The molecular weight excluding hydrogens is 472 g/mol. The minimum absolute atomic E-state index is 0.00182. The molecule has 1 aromatic heterocycles. The van der Waals surface area contributed by atoms with Crippen molar-refractivity contribution in [2.45, 2.75) is 69.4 Å². The summed E-state index contributed by atoms with van der Waals surface area (Å²) in [7, 11) is -3.95. The van der Waals surface area contributed by atoms with Crippen LogP contribution in [-0.4, -0.2) is 47.4 Å². The van der Waals surface area contributed by atoms with Crippen LogP contribution in [0.25, 0.3) is 0 Å². The van der Waals surface area contributed by atoms with Crippen molar-refractivity contribution in [2.75, 3.05) is 13.1 Å². The van der Waals surface area contributed by atoms with Gasteiger partial charge >= 0.3 is 6.09 Å². The van der Waals surface area contributed by atoms with Gasteiger partial charge in [-0.15, -0.1) is 0 Å². The Labute approximate surface area is 205 Å². The van der Waals surface area contributed by atoms with Gasteiger partial charge in [0.2, 0.25) is 10.0 Å². The van der Waals surface area contributed by atoms with Crippen molar-refractivity contribution in [1.29, 1.82) is 0 Å². The topological polar surface area (TPSA) is 132 Å². The smallest absolute Gasteiger partial charge is 0.407 e. The second kappa shape index (κ2) is 11.1. The summed E-state index contributed by atoms with van der Waals surface area (Å²) in [6, 6.07) is 8.32. The summed E-state index contributed by atoms with van der Waals surface area (Å²) in [5.74, 6) is 0. The standard InChI is InChI=1S/C24H32N4O6S/c1-24(2,3)34-23(29)26-15-4-5-17-27(21-10-6-8-18-9-7-16-25-22(18)21)35(32,33)20-13-11-19(12-14-20)28(30)31/h7,9,11-14,16,21H,4-6,8,10,15,17H2,1-3H3,(H,26,29)/t21-/m1/s1. The number of alkyl carbamates (subject to hydrolysis) is 1. The molecule has 0 radical (unpaired) electrons. The number of nitrogens with one attached hydrogen (secondary N) is 1. The van der Waals surface area contributed by atoms with Crippen molar-refractivity contribution in [3.05, 3.63) is 64.0 Å². The Morgan fingerprint density at radius 3 is 2.60 bits per heavy atom. The van der Waals surface area contributed by atoms with Crippen molar-refractivity contribution in [1.82, 2.24) is 14.6 Å². The molecule has 10 nitrogen and oxygen atoms in total. The van der Waals surface area contributed by atoms with Crippen LogP contribution in [0.2, 0.25) is 0 Å². The monoisotopic (exact) mass is 504 g/mol. The fourth-order valence-corrected chi connectivity index (χ4v) is 5.74. The molecule has 1 aliphatic carbocycles. The van der Waals surface area contributed by atoms with Crippen LogP contribution in [0.15, 0.2) is 47.5 Å². The van der Waals surface area contributed by atoms with Crippen molar-refractivity contribution in [2.24, 2.45) is 0 Å². The van der Waals surface area contributed by atoms with Gasteiger partial charge in [-0.25, -0.2) is 13.2 Å². The van der Waals surface area contributed by atoms with Crippen molar-refractivity contribution < 1.29 is 22.9 Å². The molecular formula is C24H32N4O6S. The average Bonchev–Trinajstić information content (AvgIpc) is 2.80. The number of nitro benzene ring substituents is 1. The molecule has 1 atom stereocenters. The number of unbranched alkanes of at least 4 members (excludes halogenated alkanes) is 1. The summed E-state index contributed by atoms with van der Waals surface area (Å²) in [5.41, 5.74) is 1.00. The third-order valence-electron chi connectivity index (χ3n) is 5.64. The van der Waals surface area contributed by atoms with Crippen molar-refractivity contribution in [3.63, 3.8) is 0 Å². The van der Waals surface area contributed by atoms with Gasteiger partial charge in [0, 0.05) is 31.4 Å². The lowest BCUT2D eigenvalue weighted by Crippen LogP contribution is -2.38. The minimum atomic E-state index is -3.95. The Kier molecular flexibility index (Phi) is 8.44. The Morgan fingerprint density at radius 1 is 1.23 bits per heavy atom. The maximum atomic E-state index is 13.7. The fourth-order valence-electron chi connectivity index (χ4n) is 4.08. The number of amides is 1. The summed E-state index contributed by atoms with van der Waals surface area (Å²) >= 11 is 0. The van der Waals surface area contributed by atoms with E-state index in [-0.39, 0.29) is 17.1 Å². The summed E-state index contributed by atoms with van der Waals surface area (Å²) < 4.78 is 34.1. The van der Waals surface area contributed by atoms with Crippen molar-refractivity contribution >= 4 is 21.8 Å². The SMILES string of the molecule is CC(C)(C)OC(=O)NCCCCN([C@@H]1CCCc2cccnc21)S(=O)(=O)c1ccc([N+](=O)[O-])cc1. The second-order valence-electron chi connectivity index (χ2n) is 9.46. The molecule has 0 bridgehead atoms. The molecule has 3 rings (SSSR count). The van der Waals surface area contributed by atoms with Gasteiger partial charge in [0.25, 0.3) is 5.69 Å². The molecule has 0 aliphatic heterocycles. The van der Waals surface area contributed by atoms with Gasteiger partial charge in [0.1, 0.15) is 5.60 Å². The zero-order valence-corrected chi connectivity index (χ0v) is 21.1. The quantitative estimate of drug-likeness (QED) is 0.305. The zero-order valence-electron chi connectivity index (χ0n) is 20.3. The number of ether oxygens (including phenoxy) is 1. The Morgan fingerprint density at radius 2 is 1.94 bits per heavy atom.